The van der Waals surface area contributed by atoms with Gasteiger partial charge in [0.2, 0.25) is 0 Å². The van der Waals surface area contributed by atoms with Crippen LogP contribution in [0.3, 0.4) is 0 Å². The summed E-state index contributed by atoms with van der Waals surface area (Å²) in [6.45, 7) is 4.75. The van der Waals surface area contributed by atoms with E-state index >= 15 is 0 Å². The average Bonchev–Trinajstić information content (AvgIpc) is 3.67. The van der Waals surface area contributed by atoms with E-state index in [0.29, 0.717) is 0 Å². The molecule has 1 atom stereocenters. The second-order valence-corrected chi connectivity index (χ2v) is 14.7. The Labute approximate surface area is 310 Å². The first-order chi connectivity index (χ1) is 26.0. The van der Waals surface area contributed by atoms with E-state index in [0.717, 1.165) is 34.0 Å². The number of nitrogens with zero attached hydrogens (tertiary/aromatic N) is 4. The number of aromatic nitrogens is 1. The van der Waals surface area contributed by atoms with Gasteiger partial charge in [0.05, 0.1) is 11.0 Å². The minimum atomic E-state index is -0.216. The highest BCUT2D eigenvalue weighted by Crippen LogP contribution is 2.53. The minimum absolute atomic E-state index is 0.187. The van der Waals surface area contributed by atoms with Gasteiger partial charge in [-0.2, -0.15) is 0 Å². The maximum Gasteiger partial charge on any atom is 0.159 e. The summed E-state index contributed by atoms with van der Waals surface area (Å²) in [7, 11) is 2.09. The van der Waals surface area contributed by atoms with Gasteiger partial charge < -0.3 is 9.47 Å². The van der Waals surface area contributed by atoms with Crippen LogP contribution < -0.4 is 0 Å². The molecule has 0 bridgehead atoms. The van der Waals surface area contributed by atoms with Gasteiger partial charge in [-0.15, -0.1) is 0 Å². The van der Waals surface area contributed by atoms with Crippen molar-refractivity contribution >= 4 is 33.5 Å². The molecule has 0 amide bonds. The van der Waals surface area contributed by atoms with E-state index in [1.54, 1.807) is 0 Å². The quantitative estimate of drug-likeness (QED) is 0.178. The molecule has 1 unspecified atom stereocenters. The molecule has 8 aromatic rings. The molecule has 0 saturated heterocycles. The highest BCUT2D eigenvalue weighted by atomic mass is 15.3. The Bertz CT molecular complexity index is 2760. The Kier molecular flexibility index (Phi) is 7.09. The Balaban J connectivity index is 1.23. The van der Waals surface area contributed by atoms with Crippen molar-refractivity contribution in [3.63, 3.8) is 0 Å². The number of hydrogen-bond donors (Lipinski definition) is 0. The van der Waals surface area contributed by atoms with Crippen molar-refractivity contribution in [2.24, 2.45) is 9.98 Å². The number of amidine groups is 2. The predicted molar refractivity (Wildman–Crippen MR) is 220 cm³/mol. The van der Waals surface area contributed by atoms with Crippen LogP contribution >= 0.6 is 0 Å². The van der Waals surface area contributed by atoms with Crippen LogP contribution in [0.5, 0.6) is 0 Å². The molecule has 2 heterocycles. The Morgan fingerprint density at radius 2 is 1.21 bits per heavy atom. The Morgan fingerprint density at radius 1 is 0.547 bits per heavy atom. The van der Waals surface area contributed by atoms with Gasteiger partial charge in [0.1, 0.15) is 12.0 Å². The first-order valence-electron chi connectivity index (χ1n) is 18.3. The van der Waals surface area contributed by atoms with E-state index in [4.69, 9.17) is 9.98 Å². The highest BCUT2D eigenvalue weighted by molar-refractivity contribution is 6.15. The van der Waals surface area contributed by atoms with Gasteiger partial charge in [0.15, 0.2) is 5.84 Å². The van der Waals surface area contributed by atoms with Gasteiger partial charge in [-0.1, -0.05) is 166 Å². The van der Waals surface area contributed by atoms with Crippen LogP contribution in [0, 0.1) is 0 Å². The summed E-state index contributed by atoms with van der Waals surface area (Å²) >= 11 is 0. The lowest BCUT2D eigenvalue weighted by molar-refractivity contribution is 0.383. The van der Waals surface area contributed by atoms with Gasteiger partial charge in [-0.25, -0.2) is 9.98 Å². The van der Waals surface area contributed by atoms with Crippen molar-refractivity contribution in [1.29, 1.82) is 0 Å². The second kappa shape index (κ2) is 12.0. The van der Waals surface area contributed by atoms with Crippen molar-refractivity contribution < 1.29 is 0 Å². The maximum absolute atomic E-state index is 5.33. The summed E-state index contributed by atoms with van der Waals surface area (Å²) in [5.41, 5.74) is 14.3. The van der Waals surface area contributed by atoms with Crippen LogP contribution in [0.2, 0.25) is 0 Å². The number of fused-ring (bicyclic) bond motifs is 7. The highest BCUT2D eigenvalue weighted by Gasteiger charge is 2.38. The van der Waals surface area contributed by atoms with Crippen molar-refractivity contribution in [2.75, 3.05) is 7.05 Å². The first kappa shape index (κ1) is 31.2. The molecule has 1 aliphatic heterocycles. The minimum Gasteiger partial charge on any atom is -0.333 e. The molecule has 10 rings (SSSR count). The van der Waals surface area contributed by atoms with E-state index < -0.39 is 0 Å². The smallest absolute Gasteiger partial charge is 0.159 e. The van der Waals surface area contributed by atoms with Crippen LogP contribution in [0.15, 0.2) is 180 Å². The third-order valence-corrected chi connectivity index (χ3v) is 11.2. The Hall–Kier alpha value is -6.52. The van der Waals surface area contributed by atoms with Crippen LogP contribution in [0.1, 0.15) is 47.8 Å². The topological polar surface area (TPSA) is 32.9 Å². The molecule has 7 aromatic carbocycles. The van der Waals surface area contributed by atoms with E-state index in [-0.39, 0.29) is 11.6 Å². The fraction of sp³-hybridized carbons (Fsp3) is 0.102. The third-order valence-electron chi connectivity index (χ3n) is 11.2. The van der Waals surface area contributed by atoms with Gasteiger partial charge in [-0.05, 0) is 57.1 Å². The second-order valence-electron chi connectivity index (χ2n) is 14.7. The zero-order valence-corrected chi connectivity index (χ0v) is 30.0. The molecule has 53 heavy (non-hydrogen) atoms. The molecule has 0 fully saturated rings. The fourth-order valence-electron chi connectivity index (χ4n) is 8.67. The summed E-state index contributed by atoms with van der Waals surface area (Å²) in [6.07, 6.45) is -0.216. The lowest BCUT2D eigenvalue weighted by atomic mass is 9.81. The van der Waals surface area contributed by atoms with Gasteiger partial charge in [0, 0.05) is 40.0 Å². The first-order valence-corrected chi connectivity index (χ1v) is 18.3. The molecule has 0 spiro atoms. The van der Waals surface area contributed by atoms with E-state index in [2.05, 4.69) is 194 Å². The standard InChI is InChI=1S/C49H38N4/c1-49(2)42-25-14-13-24-38(42)40-28-29-41-39-27-26-35(32-16-7-4-8-17-32)31-43(39)53(45(41)44(40)49)37-23-15-22-36(30-37)46-50-47(33-18-9-5-10-19-33)52(3)48(51-46)34-20-11-6-12-21-34/h4-31,47H,1-3H3. The van der Waals surface area contributed by atoms with Gasteiger partial charge in [0.25, 0.3) is 0 Å². The van der Waals surface area contributed by atoms with E-state index in [1.807, 2.05) is 6.07 Å². The molecule has 4 nitrogen and oxygen atoms in total. The molecule has 254 valence electrons. The fourth-order valence-corrected chi connectivity index (χ4v) is 8.67. The average molecular weight is 683 g/mol. The molecular weight excluding hydrogens is 645 g/mol. The van der Waals surface area contributed by atoms with Crippen LogP contribution in [-0.4, -0.2) is 28.2 Å². The van der Waals surface area contributed by atoms with E-state index in [9.17, 15) is 0 Å². The zero-order chi connectivity index (χ0) is 35.7. The van der Waals surface area contributed by atoms with Crippen molar-refractivity contribution in [3.8, 4) is 27.9 Å². The number of aliphatic imine (C=N–C) groups is 2. The monoisotopic (exact) mass is 682 g/mol. The zero-order valence-electron chi connectivity index (χ0n) is 30.0. The Morgan fingerprint density at radius 3 is 1.98 bits per heavy atom. The van der Waals surface area contributed by atoms with Gasteiger partial charge in [-0.3, -0.25) is 0 Å². The largest absolute Gasteiger partial charge is 0.333 e. The molecular formula is C49H38N4. The summed E-state index contributed by atoms with van der Waals surface area (Å²) in [5, 5.41) is 2.50. The third kappa shape index (κ3) is 4.90. The molecule has 2 aliphatic rings. The van der Waals surface area contributed by atoms with E-state index in [1.165, 1.54) is 55.2 Å². The summed E-state index contributed by atoms with van der Waals surface area (Å²) in [5.74, 6) is 1.62. The SMILES string of the molecule is CN1C(c2ccccc2)=NC(c2cccc(-n3c4cc(-c5ccccc5)ccc4c4ccc5c(c43)C(C)(C)c3ccccc3-5)c2)=NC1c1ccccc1. The van der Waals surface area contributed by atoms with Crippen molar-refractivity contribution in [3.05, 3.63) is 198 Å². The molecule has 1 aliphatic carbocycles. The van der Waals surface area contributed by atoms with Crippen molar-refractivity contribution in [2.45, 2.75) is 25.4 Å². The number of hydrogen-bond acceptors (Lipinski definition) is 3. The molecule has 1 aromatic heterocycles. The van der Waals surface area contributed by atoms with Crippen LogP contribution in [0.4, 0.5) is 0 Å². The van der Waals surface area contributed by atoms with Crippen molar-refractivity contribution in [1.82, 2.24) is 9.47 Å². The lowest BCUT2D eigenvalue weighted by Crippen LogP contribution is -2.35. The molecule has 0 radical (unpaired) electrons. The summed E-state index contributed by atoms with van der Waals surface area (Å²) < 4.78 is 2.50. The van der Waals surface area contributed by atoms with Gasteiger partial charge >= 0.3 is 0 Å². The van der Waals surface area contributed by atoms with Crippen LogP contribution in [0.25, 0.3) is 49.7 Å². The summed E-state index contributed by atoms with van der Waals surface area (Å²) in [6, 6.07) is 61.0. The maximum atomic E-state index is 5.33. The summed E-state index contributed by atoms with van der Waals surface area (Å²) in [4.78, 5) is 12.8. The molecule has 4 heteroatoms. The lowest BCUT2D eigenvalue weighted by Gasteiger charge is -2.32. The normalized spacial score (nSPS) is 16.0. The van der Waals surface area contributed by atoms with Crippen LogP contribution in [-0.2, 0) is 5.41 Å². The molecule has 0 saturated carbocycles. The number of benzene rings is 7. The molecule has 0 N–H and O–H groups in total. The predicted octanol–water partition coefficient (Wildman–Crippen LogP) is 11.6. The number of rotatable bonds is 5.